The highest BCUT2D eigenvalue weighted by atomic mass is 16.7. The second-order valence-electron chi connectivity index (χ2n) is 6.88. The molecular weight excluding hydrogens is 372 g/mol. The number of para-hydroxylation sites is 1. The van der Waals surface area contributed by atoms with Crippen molar-refractivity contribution in [2.45, 2.75) is 44.6 Å². The van der Waals surface area contributed by atoms with Crippen molar-refractivity contribution in [1.82, 2.24) is 20.8 Å². The number of aromatic nitrogens is 2. The molecule has 1 amide bonds. The lowest BCUT2D eigenvalue weighted by atomic mass is 10.0. The van der Waals surface area contributed by atoms with Crippen LogP contribution in [0.3, 0.4) is 0 Å². The van der Waals surface area contributed by atoms with E-state index in [-0.39, 0.29) is 12.0 Å². The molecule has 3 rings (SSSR count). The van der Waals surface area contributed by atoms with E-state index in [0.29, 0.717) is 6.04 Å². The predicted octanol–water partition coefficient (Wildman–Crippen LogP) is 2.73. The number of carbonyl (C=O) groups excluding carboxylic acids is 2. The molecule has 8 heteroatoms. The summed E-state index contributed by atoms with van der Waals surface area (Å²) in [5.41, 5.74) is 3.58. The lowest BCUT2D eigenvalue weighted by molar-refractivity contribution is -0.149. The van der Waals surface area contributed by atoms with Crippen LogP contribution in [-0.2, 0) is 9.63 Å². The van der Waals surface area contributed by atoms with E-state index >= 15 is 0 Å². The number of hydrogen-bond acceptors (Lipinski definition) is 7. The van der Waals surface area contributed by atoms with Gasteiger partial charge in [-0.05, 0) is 25.5 Å². The summed E-state index contributed by atoms with van der Waals surface area (Å²) in [5, 5.41) is 3.60. The Morgan fingerprint density at radius 2 is 1.90 bits per heavy atom. The van der Waals surface area contributed by atoms with Gasteiger partial charge in [-0.1, -0.05) is 31.0 Å². The second-order valence-corrected chi connectivity index (χ2v) is 6.88. The van der Waals surface area contributed by atoms with Gasteiger partial charge in [0, 0.05) is 36.8 Å². The molecule has 0 radical (unpaired) electrons. The minimum absolute atomic E-state index is 0.236. The summed E-state index contributed by atoms with van der Waals surface area (Å²) in [7, 11) is 0. The number of nitrogens with zero attached hydrogens (tertiary/aromatic N) is 2. The van der Waals surface area contributed by atoms with Crippen LogP contribution >= 0.6 is 0 Å². The minimum atomic E-state index is -0.542. The first kappa shape index (κ1) is 20.7. The highest BCUT2D eigenvalue weighted by Gasteiger charge is 2.19. The van der Waals surface area contributed by atoms with E-state index in [9.17, 15) is 9.59 Å². The molecule has 154 valence electrons. The van der Waals surface area contributed by atoms with Crippen LogP contribution in [0.25, 0.3) is 0 Å². The Bertz CT molecular complexity index is 800. The quantitative estimate of drug-likeness (QED) is 0.494. The van der Waals surface area contributed by atoms with E-state index < -0.39 is 11.9 Å². The molecule has 0 saturated heterocycles. The molecule has 1 unspecified atom stereocenters. The average Bonchev–Trinajstić information content (AvgIpc) is 2.77. The minimum Gasteiger partial charge on any atom is -0.493 e. The summed E-state index contributed by atoms with van der Waals surface area (Å²) >= 11 is 0. The third-order valence-electron chi connectivity index (χ3n) is 4.74. The highest BCUT2D eigenvalue weighted by Crippen LogP contribution is 2.31. The summed E-state index contributed by atoms with van der Waals surface area (Å²) in [6.07, 6.45) is 8.99. The predicted molar refractivity (Wildman–Crippen MR) is 106 cm³/mol. The molecule has 0 spiro atoms. The van der Waals surface area contributed by atoms with Crippen LogP contribution in [0, 0.1) is 0 Å². The summed E-state index contributed by atoms with van der Waals surface area (Å²) in [4.78, 5) is 35.7. The van der Waals surface area contributed by atoms with Gasteiger partial charge in [0.25, 0.3) is 5.91 Å². The van der Waals surface area contributed by atoms with E-state index in [4.69, 9.17) is 9.57 Å². The average molecular weight is 398 g/mol. The maximum atomic E-state index is 11.7. The number of unbranched alkanes of at least 4 members (excludes halogenated alkanes) is 3. The van der Waals surface area contributed by atoms with Crippen molar-refractivity contribution in [2.24, 2.45) is 0 Å². The number of hydroxylamine groups is 1. The first-order chi connectivity index (χ1) is 14.2. The highest BCUT2D eigenvalue weighted by molar-refractivity contribution is 5.93. The van der Waals surface area contributed by atoms with Gasteiger partial charge in [0.2, 0.25) is 0 Å². The van der Waals surface area contributed by atoms with Crippen LogP contribution < -0.4 is 15.5 Å². The molecule has 0 aliphatic carbocycles. The Morgan fingerprint density at radius 3 is 2.76 bits per heavy atom. The van der Waals surface area contributed by atoms with Crippen molar-refractivity contribution in [3.05, 3.63) is 54.1 Å². The van der Waals surface area contributed by atoms with Crippen molar-refractivity contribution in [2.75, 3.05) is 13.2 Å². The lowest BCUT2D eigenvalue weighted by Gasteiger charge is -2.26. The summed E-state index contributed by atoms with van der Waals surface area (Å²) in [6, 6.07) is 8.50. The topological polar surface area (TPSA) is 102 Å². The van der Waals surface area contributed by atoms with Gasteiger partial charge < -0.3 is 14.9 Å². The molecule has 1 aliphatic heterocycles. The molecule has 8 nitrogen and oxygen atoms in total. The Kier molecular flexibility index (Phi) is 7.94. The molecule has 2 aromatic rings. The first-order valence-electron chi connectivity index (χ1n) is 9.94. The van der Waals surface area contributed by atoms with E-state index in [1.165, 1.54) is 24.3 Å². The standard InChI is InChI=1S/C21H26N4O4/c26-20(29-25-21(27)16-13-22-15-23-14-16)9-3-1-2-6-11-24-18-10-12-28-19-8-5-4-7-17(18)19/h4-5,7-8,13-15,18,24H,1-3,6,9-12H2,(H,25,27). The number of ether oxygens (including phenoxy) is 1. The number of amides is 1. The summed E-state index contributed by atoms with van der Waals surface area (Å²) < 4.78 is 5.68. The van der Waals surface area contributed by atoms with Crippen molar-refractivity contribution in [3.63, 3.8) is 0 Å². The molecule has 0 bridgehead atoms. The molecule has 29 heavy (non-hydrogen) atoms. The fourth-order valence-electron chi connectivity index (χ4n) is 3.21. The fraction of sp³-hybridized carbons (Fsp3) is 0.429. The van der Waals surface area contributed by atoms with Crippen molar-refractivity contribution in [3.8, 4) is 5.75 Å². The number of carbonyl (C=O) groups is 2. The second kappa shape index (κ2) is 11.1. The third-order valence-corrected chi connectivity index (χ3v) is 4.74. The fourth-order valence-corrected chi connectivity index (χ4v) is 3.21. The van der Waals surface area contributed by atoms with E-state index in [0.717, 1.165) is 51.0 Å². The molecule has 1 aromatic heterocycles. The van der Waals surface area contributed by atoms with E-state index in [2.05, 4.69) is 26.8 Å². The Labute approximate surface area is 170 Å². The number of benzene rings is 1. The maximum absolute atomic E-state index is 11.7. The van der Waals surface area contributed by atoms with Gasteiger partial charge >= 0.3 is 5.97 Å². The zero-order chi connectivity index (χ0) is 20.3. The van der Waals surface area contributed by atoms with Crippen LogP contribution in [0.4, 0.5) is 0 Å². The lowest BCUT2D eigenvalue weighted by Crippen LogP contribution is -2.27. The van der Waals surface area contributed by atoms with Crippen LogP contribution in [0.5, 0.6) is 5.75 Å². The molecule has 1 atom stereocenters. The number of nitrogens with one attached hydrogen (secondary N) is 2. The van der Waals surface area contributed by atoms with Crippen molar-refractivity contribution < 1.29 is 19.2 Å². The van der Waals surface area contributed by atoms with Gasteiger partial charge in [-0.25, -0.2) is 14.8 Å². The maximum Gasteiger partial charge on any atom is 0.332 e. The Balaban J connectivity index is 1.23. The first-order valence-corrected chi connectivity index (χ1v) is 9.94. The summed E-state index contributed by atoms with van der Waals surface area (Å²) in [5.74, 6) is -0.0199. The van der Waals surface area contributed by atoms with Crippen LogP contribution in [0.1, 0.15) is 60.5 Å². The Hall–Kier alpha value is -3.00. The van der Waals surface area contributed by atoms with Crippen LogP contribution in [0.15, 0.2) is 43.0 Å². The monoisotopic (exact) mass is 398 g/mol. The molecule has 1 aromatic carbocycles. The van der Waals surface area contributed by atoms with Crippen LogP contribution in [0.2, 0.25) is 0 Å². The van der Waals surface area contributed by atoms with Gasteiger partial charge in [0.05, 0.1) is 12.2 Å². The van der Waals surface area contributed by atoms with Crippen molar-refractivity contribution in [1.29, 1.82) is 0 Å². The SMILES string of the molecule is O=C(CCCCCCNC1CCOc2ccccc21)ONC(=O)c1cncnc1. The molecule has 2 N–H and O–H groups in total. The van der Waals surface area contributed by atoms with Crippen molar-refractivity contribution >= 4 is 11.9 Å². The molecule has 0 fully saturated rings. The molecular formula is C21H26N4O4. The number of fused-ring (bicyclic) bond motifs is 1. The smallest absolute Gasteiger partial charge is 0.332 e. The van der Waals surface area contributed by atoms with Gasteiger partial charge in [-0.2, -0.15) is 5.48 Å². The van der Waals surface area contributed by atoms with E-state index in [1.807, 2.05) is 18.2 Å². The zero-order valence-corrected chi connectivity index (χ0v) is 16.3. The normalized spacial score (nSPS) is 15.1. The van der Waals surface area contributed by atoms with Gasteiger partial charge in [-0.3, -0.25) is 4.79 Å². The van der Waals surface area contributed by atoms with Gasteiger partial charge in [0.1, 0.15) is 12.1 Å². The molecule has 0 saturated carbocycles. The number of rotatable bonds is 9. The Morgan fingerprint density at radius 1 is 1.10 bits per heavy atom. The number of hydrogen-bond donors (Lipinski definition) is 2. The summed E-state index contributed by atoms with van der Waals surface area (Å²) in [6.45, 7) is 1.67. The molecule has 2 heterocycles. The molecule has 1 aliphatic rings. The third kappa shape index (κ3) is 6.53. The van der Waals surface area contributed by atoms with E-state index in [1.54, 1.807) is 0 Å². The van der Waals surface area contributed by atoms with Gasteiger partial charge in [-0.15, -0.1) is 0 Å². The van der Waals surface area contributed by atoms with Crippen LogP contribution in [-0.4, -0.2) is 35.0 Å². The largest absolute Gasteiger partial charge is 0.493 e. The van der Waals surface area contributed by atoms with Gasteiger partial charge in [0.15, 0.2) is 0 Å². The zero-order valence-electron chi connectivity index (χ0n) is 16.3.